The van der Waals surface area contributed by atoms with Crippen LogP contribution < -0.4 is 0 Å². The molecule has 4 heteroatoms. The fraction of sp³-hybridized carbons (Fsp3) is 0.231. The van der Waals surface area contributed by atoms with Crippen molar-refractivity contribution in [2.75, 3.05) is 0 Å². The smallest absolute Gasteiger partial charge is 0.146 e. The maximum absolute atomic E-state index is 13.8. The molecular formula is C13H11Cl2FS. The standard InChI is InChI=1S/C13H11Cl2FS/c1-2-8-6-7-11(17-8)12(15)9-4-3-5-10(14)13(9)16/h3-7,12H,2H2,1H3. The Hall–Kier alpha value is -0.570. The molecule has 0 bridgehead atoms. The van der Waals surface area contributed by atoms with Crippen LogP contribution in [0.1, 0.15) is 27.6 Å². The molecule has 0 amide bonds. The Bertz CT molecular complexity index is 522. The SMILES string of the molecule is CCc1ccc(C(Cl)c2cccc(Cl)c2F)s1. The van der Waals surface area contributed by atoms with Crippen LogP contribution in [0.5, 0.6) is 0 Å². The average Bonchev–Trinajstić information content (AvgIpc) is 2.80. The maximum Gasteiger partial charge on any atom is 0.146 e. The van der Waals surface area contributed by atoms with Gasteiger partial charge in [0.2, 0.25) is 0 Å². The molecule has 0 fully saturated rings. The van der Waals surface area contributed by atoms with Crippen LogP contribution >= 0.6 is 34.5 Å². The Morgan fingerprint density at radius 3 is 2.71 bits per heavy atom. The number of benzene rings is 1. The molecule has 1 aromatic heterocycles. The van der Waals surface area contributed by atoms with E-state index in [1.807, 2.05) is 12.1 Å². The molecule has 0 aliphatic heterocycles. The molecule has 1 unspecified atom stereocenters. The number of hydrogen-bond acceptors (Lipinski definition) is 1. The largest absolute Gasteiger partial charge is 0.205 e. The molecular weight excluding hydrogens is 278 g/mol. The lowest BCUT2D eigenvalue weighted by Crippen LogP contribution is -1.95. The minimum atomic E-state index is -0.473. The van der Waals surface area contributed by atoms with Gasteiger partial charge in [-0.3, -0.25) is 0 Å². The van der Waals surface area contributed by atoms with Crippen molar-refractivity contribution in [2.45, 2.75) is 18.7 Å². The van der Waals surface area contributed by atoms with E-state index in [1.165, 1.54) is 10.9 Å². The summed E-state index contributed by atoms with van der Waals surface area (Å²) in [5.74, 6) is -0.430. The lowest BCUT2D eigenvalue weighted by molar-refractivity contribution is 0.613. The first-order chi connectivity index (χ1) is 8.13. The highest BCUT2D eigenvalue weighted by molar-refractivity contribution is 7.12. The highest BCUT2D eigenvalue weighted by Crippen LogP contribution is 2.36. The fourth-order valence-corrected chi connectivity index (χ4v) is 3.10. The van der Waals surface area contributed by atoms with E-state index in [0.29, 0.717) is 5.56 Å². The molecule has 0 saturated heterocycles. The van der Waals surface area contributed by atoms with Gasteiger partial charge in [0.25, 0.3) is 0 Å². The van der Waals surface area contributed by atoms with Crippen molar-refractivity contribution in [1.82, 2.24) is 0 Å². The van der Waals surface area contributed by atoms with Crippen molar-refractivity contribution < 1.29 is 4.39 Å². The highest BCUT2D eigenvalue weighted by Gasteiger charge is 2.18. The van der Waals surface area contributed by atoms with Crippen LogP contribution in [0, 0.1) is 5.82 Å². The molecule has 0 nitrogen and oxygen atoms in total. The Kier molecular flexibility index (Phi) is 4.08. The van der Waals surface area contributed by atoms with Gasteiger partial charge in [0.1, 0.15) is 5.82 Å². The molecule has 90 valence electrons. The first kappa shape index (κ1) is 12.9. The van der Waals surface area contributed by atoms with E-state index in [0.717, 1.165) is 11.3 Å². The molecule has 1 heterocycles. The van der Waals surface area contributed by atoms with Gasteiger partial charge >= 0.3 is 0 Å². The lowest BCUT2D eigenvalue weighted by atomic mass is 10.1. The normalized spacial score (nSPS) is 12.7. The van der Waals surface area contributed by atoms with Gasteiger partial charge in [-0.2, -0.15) is 0 Å². The molecule has 1 aromatic carbocycles. The van der Waals surface area contributed by atoms with Gasteiger partial charge in [-0.15, -0.1) is 22.9 Å². The van der Waals surface area contributed by atoms with Gasteiger partial charge in [-0.05, 0) is 24.6 Å². The number of hydrogen-bond donors (Lipinski definition) is 0. The summed E-state index contributed by atoms with van der Waals surface area (Å²) in [5, 5.41) is -0.362. The Labute approximate surface area is 114 Å². The predicted molar refractivity (Wildman–Crippen MR) is 72.8 cm³/mol. The van der Waals surface area contributed by atoms with E-state index < -0.39 is 11.2 Å². The molecule has 0 N–H and O–H groups in total. The zero-order valence-electron chi connectivity index (χ0n) is 9.21. The van der Waals surface area contributed by atoms with Crippen LogP contribution in [0.4, 0.5) is 4.39 Å². The number of alkyl halides is 1. The molecule has 0 saturated carbocycles. The fourth-order valence-electron chi connectivity index (χ4n) is 1.59. The van der Waals surface area contributed by atoms with Crippen molar-refractivity contribution in [3.8, 4) is 0 Å². The summed E-state index contributed by atoms with van der Waals surface area (Å²) < 4.78 is 13.8. The van der Waals surface area contributed by atoms with Gasteiger partial charge in [-0.1, -0.05) is 30.7 Å². The topological polar surface area (TPSA) is 0 Å². The number of aryl methyl sites for hydroxylation is 1. The van der Waals surface area contributed by atoms with Gasteiger partial charge < -0.3 is 0 Å². The molecule has 0 aliphatic carbocycles. The second-order valence-electron chi connectivity index (χ2n) is 3.66. The maximum atomic E-state index is 13.8. The Balaban J connectivity index is 2.36. The zero-order chi connectivity index (χ0) is 12.4. The third kappa shape index (κ3) is 2.65. The van der Waals surface area contributed by atoms with Crippen molar-refractivity contribution in [2.24, 2.45) is 0 Å². The van der Waals surface area contributed by atoms with E-state index in [9.17, 15) is 4.39 Å². The third-order valence-electron chi connectivity index (χ3n) is 2.54. The van der Waals surface area contributed by atoms with Gasteiger partial charge in [0, 0.05) is 15.3 Å². The van der Waals surface area contributed by atoms with E-state index in [1.54, 1.807) is 23.5 Å². The van der Waals surface area contributed by atoms with Crippen LogP contribution in [0.3, 0.4) is 0 Å². The summed E-state index contributed by atoms with van der Waals surface area (Å²) in [6, 6.07) is 8.88. The molecule has 2 rings (SSSR count). The minimum Gasteiger partial charge on any atom is -0.205 e. The number of thiophene rings is 1. The van der Waals surface area contributed by atoms with Crippen molar-refractivity contribution in [1.29, 1.82) is 0 Å². The van der Waals surface area contributed by atoms with Crippen LogP contribution in [0.2, 0.25) is 5.02 Å². The average molecular weight is 289 g/mol. The zero-order valence-corrected chi connectivity index (χ0v) is 11.5. The molecule has 0 radical (unpaired) electrons. The quantitative estimate of drug-likeness (QED) is 0.661. The lowest BCUT2D eigenvalue weighted by Gasteiger charge is -2.09. The van der Waals surface area contributed by atoms with E-state index in [4.69, 9.17) is 23.2 Å². The molecule has 1 atom stereocenters. The van der Waals surface area contributed by atoms with Crippen LogP contribution in [0.15, 0.2) is 30.3 Å². The van der Waals surface area contributed by atoms with Crippen LogP contribution in [-0.2, 0) is 6.42 Å². The second kappa shape index (κ2) is 5.38. The van der Waals surface area contributed by atoms with E-state index >= 15 is 0 Å². The summed E-state index contributed by atoms with van der Waals surface area (Å²) in [6.07, 6.45) is 0.965. The second-order valence-corrected chi connectivity index (χ2v) is 5.71. The monoisotopic (exact) mass is 288 g/mol. The van der Waals surface area contributed by atoms with Crippen LogP contribution in [0.25, 0.3) is 0 Å². The van der Waals surface area contributed by atoms with Crippen molar-refractivity contribution in [3.05, 3.63) is 56.5 Å². The van der Waals surface area contributed by atoms with E-state index in [2.05, 4.69) is 6.92 Å². The van der Waals surface area contributed by atoms with E-state index in [-0.39, 0.29) is 5.02 Å². The molecule has 2 aromatic rings. The molecule has 17 heavy (non-hydrogen) atoms. The van der Waals surface area contributed by atoms with Crippen molar-refractivity contribution >= 4 is 34.5 Å². The first-order valence-electron chi connectivity index (χ1n) is 5.30. The van der Waals surface area contributed by atoms with Gasteiger partial charge in [0.05, 0.1) is 10.4 Å². The minimum absolute atomic E-state index is 0.112. The predicted octanol–water partition coefficient (Wildman–Crippen LogP) is 5.43. The van der Waals surface area contributed by atoms with Crippen LogP contribution in [-0.4, -0.2) is 0 Å². The Morgan fingerprint density at radius 2 is 2.06 bits per heavy atom. The highest BCUT2D eigenvalue weighted by atomic mass is 35.5. The first-order valence-corrected chi connectivity index (χ1v) is 6.93. The Morgan fingerprint density at radius 1 is 1.29 bits per heavy atom. The van der Waals surface area contributed by atoms with Gasteiger partial charge in [-0.25, -0.2) is 4.39 Å². The summed E-state index contributed by atoms with van der Waals surface area (Å²) in [6.45, 7) is 2.08. The molecule has 0 aliphatic rings. The third-order valence-corrected chi connectivity index (χ3v) is 4.72. The summed E-state index contributed by atoms with van der Waals surface area (Å²) >= 11 is 13.6. The molecule has 0 spiro atoms. The summed E-state index contributed by atoms with van der Waals surface area (Å²) in [4.78, 5) is 2.19. The summed E-state index contributed by atoms with van der Waals surface area (Å²) in [7, 11) is 0. The number of halogens is 3. The van der Waals surface area contributed by atoms with Crippen molar-refractivity contribution in [3.63, 3.8) is 0 Å². The van der Waals surface area contributed by atoms with Gasteiger partial charge in [0.15, 0.2) is 0 Å². The summed E-state index contributed by atoms with van der Waals surface area (Å²) in [5.41, 5.74) is 0.434. The number of rotatable bonds is 3.